The number of carbonyl (C=O) groups is 1. The van der Waals surface area contributed by atoms with Crippen molar-refractivity contribution in [2.75, 3.05) is 6.61 Å². The zero-order valence-corrected chi connectivity index (χ0v) is 12.1. The molecule has 0 aliphatic carbocycles. The third kappa shape index (κ3) is 3.39. The maximum absolute atomic E-state index is 12.4. The van der Waals surface area contributed by atoms with Crippen molar-refractivity contribution in [2.45, 2.75) is 38.2 Å². The zero-order valence-electron chi connectivity index (χ0n) is 12.1. The van der Waals surface area contributed by atoms with Crippen molar-refractivity contribution >= 4 is 5.78 Å². The third-order valence-electron chi connectivity index (χ3n) is 3.90. The molecule has 0 bridgehead atoms. The number of ether oxygens (including phenoxy) is 1. The number of carbonyl (C=O) groups excluding carboxylic acids is 1. The van der Waals surface area contributed by atoms with Crippen LogP contribution in [0.4, 0.5) is 0 Å². The molecule has 110 valence electrons. The maximum Gasteiger partial charge on any atom is 0.181 e. The molecule has 2 heterocycles. The van der Waals surface area contributed by atoms with Gasteiger partial charge in [-0.2, -0.15) is 5.10 Å². The Morgan fingerprint density at radius 3 is 2.86 bits per heavy atom. The van der Waals surface area contributed by atoms with Crippen LogP contribution in [0.5, 0.6) is 0 Å². The molecule has 4 nitrogen and oxygen atoms in total. The van der Waals surface area contributed by atoms with Gasteiger partial charge in [0.15, 0.2) is 5.78 Å². The van der Waals surface area contributed by atoms with Gasteiger partial charge in [0.05, 0.1) is 18.0 Å². The molecule has 1 aromatic carbocycles. The van der Waals surface area contributed by atoms with E-state index in [9.17, 15) is 4.79 Å². The van der Waals surface area contributed by atoms with E-state index in [0.29, 0.717) is 12.1 Å². The summed E-state index contributed by atoms with van der Waals surface area (Å²) in [4.78, 5) is 12.4. The minimum absolute atomic E-state index is 0.130. The van der Waals surface area contributed by atoms with E-state index in [1.165, 1.54) is 6.42 Å². The molecule has 1 atom stereocenters. The molecular weight excluding hydrogens is 264 g/mol. The molecule has 1 unspecified atom stereocenters. The lowest BCUT2D eigenvalue weighted by atomic mass is 10.0. The minimum Gasteiger partial charge on any atom is -0.378 e. The fraction of sp³-hybridized carbons (Fsp3) is 0.412. The van der Waals surface area contributed by atoms with Crippen molar-refractivity contribution in [2.24, 2.45) is 0 Å². The van der Waals surface area contributed by atoms with Crippen LogP contribution in [-0.4, -0.2) is 28.3 Å². The Morgan fingerprint density at radius 1 is 1.24 bits per heavy atom. The number of para-hydroxylation sites is 1. The van der Waals surface area contributed by atoms with E-state index in [4.69, 9.17) is 4.74 Å². The number of nitrogens with zero attached hydrogens (tertiary/aromatic N) is 2. The Kier molecular flexibility index (Phi) is 4.46. The molecule has 0 amide bonds. The van der Waals surface area contributed by atoms with Gasteiger partial charge in [-0.1, -0.05) is 18.2 Å². The first-order valence-electron chi connectivity index (χ1n) is 7.59. The number of hydrogen-bond donors (Lipinski definition) is 0. The first-order valence-corrected chi connectivity index (χ1v) is 7.59. The molecule has 2 aromatic rings. The van der Waals surface area contributed by atoms with Gasteiger partial charge in [-0.3, -0.25) is 4.79 Å². The lowest BCUT2D eigenvalue weighted by Gasteiger charge is -2.22. The third-order valence-corrected chi connectivity index (χ3v) is 3.90. The molecule has 0 saturated carbocycles. The number of benzene rings is 1. The average molecular weight is 284 g/mol. The predicted molar refractivity (Wildman–Crippen MR) is 80.7 cm³/mol. The molecule has 0 spiro atoms. The van der Waals surface area contributed by atoms with Gasteiger partial charge in [0, 0.05) is 13.0 Å². The first kappa shape index (κ1) is 14.0. The molecule has 1 aliphatic heterocycles. The Labute approximate surface area is 124 Å². The van der Waals surface area contributed by atoms with Crippen molar-refractivity contribution in [3.8, 4) is 5.69 Å². The van der Waals surface area contributed by atoms with Gasteiger partial charge < -0.3 is 4.74 Å². The molecule has 1 aromatic heterocycles. The van der Waals surface area contributed by atoms with Crippen molar-refractivity contribution in [3.05, 3.63) is 48.3 Å². The Balaban J connectivity index is 1.66. The summed E-state index contributed by atoms with van der Waals surface area (Å²) in [5, 5.41) is 4.27. The van der Waals surface area contributed by atoms with Crippen LogP contribution < -0.4 is 0 Å². The van der Waals surface area contributed by atoms with Gasteiger partial charge in [0.2, 0.25) is 0 Å². The summed E-state index contributed by atoms with van der Waals surface area (Å²) in [5.74, 6) is 0.130. The Morgan fingerprint density at radius 2 is 2.10 bits per heavy atom. The molecule has 21 heavy (non-hydrogen) atoms. The smallest absolute Gasteiger partial charge is 0.181 e. The number of Topliss-reactive ketones (excluding diaryl/α,β-unsaturated/α-hetero) is 1. The summed E-state index contributed by atoms with van der Waals surface area (Å²) in [6, 6.07) is 11.5. The van der Waals surface area contributed by atoms with E-state index in [0.717, 1.165) is 31.6 Å². The van der Waals surface area contributed by atoms with E-state index in [2.05, 4.69) is 5.10 Å². The highest BCUT2D eigenvalue weighted by Crippen LogP contribution is 2.19. The zero-order chi connectivity index (χ0) is 14.5. The molecule has 3 rings (SSSR count). The van der Waals surface area contributed by atoms with Crippen LogP contribution in [0.2, 0.25) is 0 Å². The SMILES string of the molecule is O=C(CCC1CCCCO1)c1ccnn1-c1ccccc1. The maximum atomic E-state index is 12.4. The average Bonchev–Trinajstić information content (AvgIpc) is 3.04. The lowest BCUT2D eigenvalue weighted by molar-refractivity contribution is 0.0104. The molecule has 1 fully saturated rings. The highest BCUT2D eigenvalue weighted by molar-refractivity contribution is 5.94. The number of aromatic nitrogens is 2. The van der Waals surface area contributed by atoms with Crippen molar-refractivity contribution < 1.29 is 9.53 Å². The van der Waals surface area contributed by atoms with Crippen LogP contribution in [0.3, 0.4) is 0 Å². The predicted octanol–water partition coefficient (Wildman–Crippen LogP) is 3.40. The second-order valence-corrected chi connectivity index (χ2v) is 5.41. The second kappa shape index (κ2) is 6.68. The molecule has 0 radical (unpaired) electrons. The van der Waals surface area contributed by atoms with Crippen molar-refractivity contribution in [1.29, 1.82) is 0 Å². The van der Waals surface area contributed by atoms with Gasteiger partial charge in [-0.15, -0.1) is 0 Å². The molecule has 4 heteroatoms. The minimum atomic E-state index is 0.130. The summed E-state index contributed by atoms with van der Waals surface area (Å²) >= 11 is 0. The van der Waals surface area contributed by atoms with Gasteiger partial charge >= 0.3 is 0 Å². The van der Waals surface area contributed by atoms with E-state index in [-0.39, 0.29) is 11.9 Å². The van der Waals surface area contributed by atoms with Crippen LogP contribution in [0.1, 0.15) is 42.6 Å². The summed E-state index contributed by atoms with van der Waals surface area (Å²) in [6.07, 6.45) is 6.67. The number of rotatable bonds is 5. The summed E-state index contributed by atoms with van der Waals surface area (Å²) in [5.41, 5.74) is 1.57. The van der Waals surface area contributed by atoms with Crippen LogP contribution in [0.15, 0.2) is 42.6 Å². The molecular formula is C17H20N2O2. The van der Waals surface area contributed by atoms with E-state index >= 15 is 0 Å². The van der Waals surface area contributed by atoms with Crippen molar-refractivity contribution in [1.82, 2.24) is 9.78 Å². The lowest BCUT2D eigenvalue weighted by Crippen LogP contribution is -2.20. The van der Waals surface area contributed by atoms with Gasteiger partial charge in [0.25, 0.3) is 0 Å². The number of ketones is 1. The van der Waals surface area contributed by atoms with Crippen LogP contribution in [-0.2, 0) is 4.74 Å². The summed E-state index contributed by atoms with van der Waals surface area (Å²) in [7, 11) is 0. The topological polar surface area (TPSA) is 44.1 Å². The number of hydrogen-bond acceptors (Lipinski definition) is 3. The van der Waals surface area contributed by atoms with Gasteiger partial charge in [-0.25, -0.2) is 4.68 Å². The van der Waals surface area contributed by atoms with Crippen molar-refractivity contribution in [3.63, 3.8) is 0 Å². The normalized spacial score (nSPS) is 18.6. The van der Waals surface area contributed by atoms with Gasteiger partial charge in [0.1, 0.15) is 5.69 Å². The monoisotopic (exact) mass is 284 g/mol. The van der Waals surface area contributed by atoms with Crippen LogP contribution in [0, 0.1) is 0 Å². The van der Waals surface area contributed by atoms with Gasteiger partial charge in [-0.05, 0) is 43.9 Å². The summed E-state index contributed by atoms with van der Waals surface area (Å²) < 4.78 is 7.40. The summed E-state index contributed by atoms with van der Waals surface area (Å²) in [6.45, 7) is 0.834. The largest absolute Gasteiger partial charge is 0.378 e. The molecule has 1 aliphatic rings. The van der Waals surface area contributed by atoms with E-state index in [1.807, 2.05) is 30.3 Å². The standard InChI is InChI=1S/C17H20N2O2/c20-17(10-9-15-8-4-5-13-21-15)16-11-12-18-19(16)14-6-2-1-3-7-14/h1-3,6-7,11-12,15H,4-5,8-10,13H2. The second-order valence-electron chi connectivity index (χ2n) is 5.41. The first-order chi connectivity index (χ1) is 10.3. The van der Waals surface area contributed by atoms with Crippen LogP contribution in [0.25, 0.3) is 5.69 Å². The van der Waals surface area contributed by atoms with E-state index in [1.54, 1.807) is 16.9 Å². The molecule has 1 saturated heterocycles. The fourth-order valence-corrected chi connectivity index (χ4v) is 2.74. The van der Waals surface area contributed by atoms with E-state index < -0.39 is 0 Å². The Bertz CT molecular complexity index is 586. The molecule has 0 N–H and O–H groups in total. The fourth-order valence-electron chi connectivity index (χ4n) is 2.74. The quantitative estimate of drug-likeness (QED) is 0.790. The Hall–Kier alpha value is -1.94. The van der Waals surface area contributed by atoms with Crippen LogP contribution >= 0.6 is 0 Å². The highest BCUT2D eigenvalue weighted by atomic mass is 16.5. The highest BCUT2D eigenvalue weighted by Gasteiger charge is 2.18.